The molecule has 0 spiro atoms. The molecule has 122 valence electrons. The van der Waals surface area contributed by atoms with Crippen LogP contribution in [0.25, 0.3) is 0 Å². The Kier molecular flexibility index (Phi) is 6.17. The van der Waals surface area contributed by atoms with Crippen LogP contribution in [-0.2, 0) is 0 Å². The van der Waals surface area contributed by atoms with Crippen LogP contribution in [0.3, 0.4) is 0 Å². The summed E-state index contributed by atoms with van der Waals surface area (Å²) in [7, 11) is 1.64. The third-order valence-electron chi connectivity index (χ3n) is 3.09. The number of rotatable bonds is 6. The number of thiocarbonyl (C=S) groups is 1. The molecule has 23 heavy (non-hydrogen) atoms. The zero-order valence-corrected chi connectivity index (χ0v) is 14.3. The van der Waals surface area contributed by atoms with E-state index in [0.29, 0.717) is 11.7 Å². The summed E-state index contributed by atoms with van der Waals surface area (Å²) < 4.78 is 10.8. The number of hydrogen-bond donors (Lipinski definition) is 2. The molecule has 2 N–H and O–H groups in total. The molecule has 0 aliphatic heterocycles. The Hall–Kier alpha value is -2.34. The molecule has 1 aromatic heterocycles. The van der Waals surface area contributed by atoms with Gasteiger partial charge in [-0.3, -0.25) is 0 Å². The van der Waals surface area contributed by atoms with Crippen molar-refractivity contribution >= 4 is 23.1 Å². The van der Waals surface area contributed by atoms with Crippen molar-refractivity contribution in [3.63, 3.8) is 0 Å². The molecule has 5 nitrogen and oxygen atoms in total. The zero-order chi connectivity index (χ0) is 16.7. The average Bonchev–Trinajstić information content (AvgIpc) is 2.55. The molecule has 1 atom stereocenters. The number of anilines is 1. The van der Waals surface area contributed by atoms with Crippen molar-refractivity contribution < 1.29 is 9.47 Å². The molecule has 6 heteroatoms. The highest BCUT2D eigenvalue weighted by atomic mass is 32.1. The molecule has 0 radical (unpaired) electrons. The van der Waals surface area contributed by atoms with Crippen LogP contribution in [0.15, 0.2) is 42.6 Å². The molecule has 2 rings (SSSR count). The van der Waals surface area contributed by atoms with Crippen molar-refractivity contribution in [3.05, 3.63) is 48.2 Å². The van der Waals surface area contributed by atoms with Crippen LogP contribution in [0.1, 0.15) is 12.5 Å². The second-order valence-corrected chi connectivity index (χ2v) is 5.62. The van der Waals surface area contributed by atoms with Crippen molar-refractivity contribution in [2.75, 3.05) is 19.0 Å². The topological polar surface area (TPSA) is 55.4 Å². The highest BCUT2D eigenvalue weighted by Crippen LogP contribution is 2.17. The predicted octanol–water partition coefficient (Wildman–Crippen LogP) is 3.15. The maximum Gasteiger partial charge on any atom is 0.172 e. The number of aromatic nitrogens is 1. The lowest BCUT2D eigenvalue weighted by Gasteiger charge is -2.17. The third kappa shape index (κ3) is 5.75. The lowest BCUT2D eigenvalue weighted by Crippen LogP contribution is -2.39. The number of aryl methyl sites for hydroxylation is 1. The fourth-order valence-electron chi connectivity index (χ4n) is 1.85. The van der Waals surface area contributed by atoms with Crippen LogP contribution in [0.2, 0.25) is 0 Å². The van der Waals surface area contributed by atoms with Crippen LogP contribution >= 0.6 is 12.2 Å². The van der Waals surface area contributed by atoms with Gasteiger partial charge in [0.25, 0.3) is 0 Å². The van der Waals surface area contributed by atoms with Crippen molar-refractivity contribution in [3.8, 4) is 11.5 Å². The van der Waals surface area contributed by atoms with Gasteiger partial charge < -0.3 is 20.1 Å². The van der Waals surface area contributed by atoms with E-state index in [1.165, 1.54) is 0 Å². The Morgan fingerprint density at radius 2 is 1.87 bits per heavy atom. The summed E-state index contributed by atoms with van der Waals surface area (Å²) in [4.78, 5) is 4.25. The first-order chi connectivity index (χ1) is 11.1. The SMILES string of the molecule is COc1ccc(OC[C@@H](C)NC(=S)Nc2ccc(C)cn2)cc1. The first-order valence-corrected chi connectivity index (χ1v) is 7.74. The highest BCUT2D eigenvalue weighted by molar-refractivity contribution is 7.80. The number of methoxy groups -OCH3 is 1. The van der Waals surface area contributed by atoms with Crippen LogP contribution in [0.4, 0.5) is 5.82 Å². The second kappa shape index (κ2) is 8.33. The van der Waals surface area contributed by atoms with E-state index in [-0.39, 0.29) is 6.04 Å². The van der Waals surface area contributed by atoms with Gasteiger partial charge in [-0.1, -0.05) is 6.07 Å². The lowest BCUT2D eigenvalue weighted by molar-refractivity contribution is 0.286. The minimum Gasteiger partial charge on any atom is -0.497 e. The van der Waals surface area contributed by atoms with Crippen LogP contribution < -0.4 is 20.1 Å². The molecule has 0 aliphatic rings. The van der Waals surface area contributed by atoms with E-state index >= 15 is 0 Å². The van der Waals surface area contributed by atoms with Gasteiger partial charge in [-0.25, -0.2) is 4.98 Å². The smallest absolute Gasteiger partial charge is 0.172 e. The van der Waals surface area contributed by atoms with E-state index in [1.807, 2.05) is 50.2 Å². The van der Waals surface area contributed by atoms with E-state index in [9.17, 15) is 0 Å². The molecule has 0 aliphatic carbocycles. The number of pyridine rings is 1. The quantitative estimate of drug-likeness (QED) is 0.793. The monoisotopic (exact) mass is 331 g/mol. The van der Waals surface area contributed by atoms with Gasteiger partial charge in [0.2, 0.25) is 0 Å². The molecular weight excluding hydrogens is 310 g/mol. The Morgan fingerprint density at radius 3 is 2.48 bits per heavy atom. The standard InChI is InChI=1S/C17H21N3O2S/c1-12-4-9-16(18-10-12)20-17(23)19-13(2)11-22-15-7-5-14(21-3)6-8-15/h4-10,13H,11H2,1-3H3,(H2,18,19,20,23)/t13-/m1/s1. The molecule has 2 aromatic rings. The van der Waals surface area contributed by atoms with Crippen LogP contribution in [0.5, 0.6) is 11.5 Å². The molecule has 0 amide bonds. The summed E-state index contributed by atoms with van der Waals surface area (Å²) >= 11 is 5.27. The van der Waals surface area contributed by atoms with Crippen LogP contribution in [-0.4, -0.2) is 29.9 Å². The molecule has 0 saturated heterocycles. The van der Waals surface area contributed by atoms with Gasteiger partial charge in [0.05, 0.1) is 13.2 Å². The van der Waals surface area contributed by atoms with Crippen molar-refractivity contribution in [1.29, 1.82) is 0 Å². The predicted molar refractivity (Wildman–Crippen MR) is 96.3 cm³/mol. The van der Waals surface area contributed by atoms with Crippen LogP contribution in [0, 0.1) is 6.92 Å². The summed E-state index contributed by atoms with van der Waals surface area (Å²) in [5.74, 6) is 2.31. The molecule has 1 heterocycles. The normalized spacial score (nSPS) is 11.4. The maximum atomic E-state index is 5.71. The van der Waals surface area contributed by atoms with Gasteiger partial charge in [0.1, 0.15) is 23.9 Å². The Bertz CT molecular complexity index is 629. The molecule has 0 fully saturated rings. The number of nitrogens with one attached hydrogen (secondary N) is 2. The minimum absolute atomic E-state index is 0.0579. The molecule has 1 aromatic carbocycles. The summed E-state index contributed by atoms with van der Waals surface area (Å²) in [5, 5.41) is 6.74. The van der Waals surface area contributed by atoms with Gasteiger partial charge in [0.15, 0.2) is 5.11 Å². The number of ether oxygens (including phenoxy) is 2. The minimum atomic E-state index is 0.0579. The largest absolute Gasteiger partial charge is 0.497 e. The van der Waals surface area contributed by atoms with Gasteiger partial charge in [0, 0.05) is 6.20 Å². The lowest BCUT2D eigenvalue weighted by atomic mass is 10.3. The Labute approximate surface area is 142 Å². The van der Waals surface area contributed by atoms with Crippen molar-refractivity contribution in [2.45, 2.75) is 19.9 Å². The highest BCUT2D eigenvalue weighted by Gasteiger charge is 2.06. The van der Waals surface area contributed by atoms with Crippen molar-refractivity contribution in [2.24, 2.45) is 0 Å². The van der Waals surface area contributed by atoms with Gasteiger partial charge in [-0.2, -0.15) is 0 Å². The van der Waals surface area contributed by atoms with E-state index in [4.69, 9.17) is 21.7 Å². The summed E-state index contributed by atoms with van der Waals surface area (Å²) in [5.41, 5.74) is 1.11. The van der Waals surface area contributed by atoms with E-state index in [0.717, 1.165) is 22.9 Å². The third-order valence-corrected chi connectivity index (χ3v) is 3.31. The number of nitrogens with zero attached hydrogens (tertiary/aromatic N) is 1. The second-order valence-electron chi connectivity index (χ2n) is 5.21. The molecular formula is C17H21N3O2S. The zero-order valence-electron chi connectivity index (χ0n) is 13.5. The Morgan fingerprint density at radius 1 is 1.17 bits per heavy atom. The number of benzene rings is 1. The first kappa shape index (κ1) is 17.0. The summed E-state index contributed by atoms with van der Waals surface area (Å²) in [6, 6.07) is 11.4. The van der Waals surface area contributed by atoms with E-state index in [2.05, 4.69) is 15.6 Å². The van der Waals surface area contributed by atoms with Gasteiger partial charge in [-0.15, -0.1) is 0 Å². The van der Waals surface area contributed by atoms with E-state index < -0.39 is 0 Å². The fourth-order valence-corrected chi connectivity index (χ4v) is 2.16. The van der Waals surface area contributed by atoms with Gasteiger partial charge in [-0.05, 0) is 62.0 Å². The molecule has 0 saturated carbocycles. The maximum absolute atomic E-state index is 5.71. The number of hydrogen-bond acceptors (Lipinski definition) is 4. The first-order valence-electron chi connectivity index (χ1n) is 7.34. The summed E-state index contributed by atoms with van der Waals surface area (Å²) in [6.45, 7) is 4.49. The fraction of sp³-hybridized carbons (Fsp3) is 0.294. The van der Waals surface area contributed by atoms with E-state index in [1.54, 1.807) is 13.3 Å². The van der Waals surface area contributed by atoms with Gasteiger partial charge >= 0.3 is 0 Å². The van der Waals surface area contributed by atoms with Crippen molar-refractivity contribution in [1.82, 2.24) is 10.3 Å². The molecule has 0 unspecified atom stereocenters. The average molecular weight is 331 g/mol. The Balaban J connectivity index is 1.75. The molecule has 0 bridgehead atoms. The summed E-state index contributed by atoms with van der Waals surface area (Å²) in [6.07, 6.45) is 1.79.